The number of ketones is 1. The molecule has 176 valence electrons. The van der Waals surface area contributed by atoms with E-state index >= 15 is 0 Å². The second-order valence-corrected chi connectivity index (χ2v) is 7.12. The topological polar surface area (TPSA) is 86.2 Å². The fraction of sp³-hybridized carbons (Fsp3) is 0.148. The summed E-state index contributed by atoms with van der Waals surface area (Å²) in [5.74, 6) is 1.66. The lowest BCUT2D eigenvalue weighted by Gasteiger charge is -2.13. The van der Waals surface area contributed by atoms with Crippen molar-refractivity contribution in [1.82, 2.24) is 0 Å². The number of ether oxygens (including phenoxy) is 4. The van der Waals surface area contributed by atoms with Gasteiger partial charge in [0.05, 0.1) is 34.1 Å². The van der Waals surface area contributed by atoms with E-state index < -0.39 is 0 Å². The van der Waals surface area contributed by atoms with Gasteiger partial charge in [-0.3, -0.25) is 4.79 Å². The molecule has 0 fully saturated rings. The molecule has 0 aliphatic carbocycles. The average molecular weight is 462 g/mol. The predicted molar refractivity (Wildman–Crippen MR) is 133 cm³/mol. The lowest BCUT2D eigenvalue weighted by atomic mass is 10.1. The van der Waals surface area contributed by atoms with Gasteiger partial charge in [0.2, 0.25) is 5.75 Å². The molecule has 3 aromatic carbocycles. The second-order valence-electron chi connectivity index (χ2n) is 7.12. The SMILES string of the molecule is COc1cc(/C=C/c2cc(O)c(OC)c(N/C=C\C(=O)c3ccccc3)c2)cc(OC)c1OC. The standard InChI is InChI=1S/C27H27NO6/c1-31-24-16-19(17-25(32-2)27(24)34-4)11-10-18-14-21(26(33-3)23(30)15-18)28-13-12-22(29)20-8-6-5-7-9-20/h5-17,28,30H,1-4H3/b11-10+,13-12-. The molecule has 0 unspecified atom stereocenters. The molecule has 0 amide bonds. The van der Waals surface area contributed by atoms with E-state index in [0.29, 0.717) is 34.1 Å². The highest BCUT2D eigenvalue weighted by Gasteiger charge is 2.13. The van der Waals surface area contributed by atoms with Crippen LogP contribution in [0.15, 0.2) is 66.9 Å². The van der Waals surface area contributed by atoms with Gasteiger partial charge in [-0.05, 0) is 35.4 Å². The van der Waals surface area contributed by atoms with Gasteiger partial charge in [-0.1, -0.05) is 42.5 Å². The summed E-state index contributed by atoms with van der Waals surface area (Å²) in [5.41, 5.74) is 2.60. The van der Waals surface area contributed by atoms with Gasteiger partial charge in [-0.25, -0.2) is 0 Å². The highest BCUT2D eigenvalue weighted by molar-refractivity contribution is 6.04. The molecule has 0 atom stereocenters. The number of aromatic hydroxyl groups is 1. The van der Waals surface area contributed by atoms with Crippen LogP contribution in [0.4, 0.5) is 5.69 Å². The van der Waals surface area contributed by atoms with E-state index in [1.54, 1.807) is 57.7 Å². The van der Waals surface area contributed by atoms with Gasteiger partial charge < -0.3 is 29.4 Å². The maximum atomic E-state index is 12.3. The first kappa shape index (κ1) is 24.3. The molecule has 0 saturated heterocycles. The minimum atomic E-state index is -0.144. The van der Waals surface area contributed by atoms with Crippen molar-refractivity contribution in [2.24, 2.45) is 0 Å². The van der Waals surface area contributed by atoms with Gasteiger partial charge in [0, 0.05) is 17.8 Å². The van der Waals surface area contributed by atoms with Crippen molar-refractivity contribution < 1.29 is 28.8 Å². The first-order valence-corrected chi connectivity index (χ1v) is 10.4. The van der Waals surface area contributed by atoms with E-state index in [0.717, 1.165) is 5.56 Å². The van der Waals surface area contributed by atoms with Crippen molar-refractivity contribution in [2.75, 3.05) is 33.8 Å². The number of phenolic OH excluding ortho intramolecular Hbond substituents is 1. The summed E-state index contributed by atoms with van der Waals surface area (Å²) in [6, 6.07) is 16.0. The second kappa shape index (κ2) is 11.5. The van der Waals surface area contributed by atoms with Crippen LogP contribution in [0.5, 0.6) is 28.7 Å². The van der Waals surface area contributed by atoms with Crippen LogP contribution in [0.1, 0.15) is 21.5 Å². The largest absolute Gasteiger partial charge is 0.504 e. The van der Waals surface area contributed by atoms with Crippen LogP contribution in [0.25, 0.3) is 12.2 Å². The van der Waals surface area contributed by atoms with Gasteiger partial charge in [0.1, 0.15) is 0 Å². The molecule has 0 aromatic heterocycles. The summed E-state index contributed by atoms with van der Waals surface area (Å²) >= 11 is 0. The van der Waals surface area contributed by atoms with Crippen molar-refractivity contribution >= 4 is 23.6 Å². The van der Waals surface area contributed by atoms with Gasteiger partial charge in [-0.15, -0.1) is 0 Å². The minimum absolute atomic E-state index is 0.0418. The maximum absolute atomic E-state index is 12.3. The Morgan fingerprint density at radius 3 is 1.94 bits per heavy atom. The van der Waals surface area contributed by atoms with Gasteiger partial charge >= 0.3 is 0 Å². The average Bonchev–Trinajstić information content (AvgIpc) is 2.87. The van der Waals surface area contributed by atoms with Crippen LogP contribution in [0.2, 0.25) is 0 Å². The first-order valence-electron chi connectivity index (χ1n) is 10.4. The first-order chi connectivity index (χ1) is 16.5. The zero-order valence-electron chi connectivity index (χ0n) is 19.5. The third-order valence-corrected chi connectivity index (χ3v) is 4.98. The quantitative estimate of drug-likeness (QED) is 0.237. The van der Waals surface area contributed by atoms with Crippen molar-refractivity contribution in [3.8, 4) is 28.7 Å². The van der Waals surface area contributed by atoms with E-state index in [1.165, 1.54) is 19.4 Å². The van der Waals surface area contributed by atoms with Crippen LogP contribution >= 0.6 is 0 Å². The molecule has 7 nitrogen and oxygen atoms in total. The third-order valence-electron chi connectivity index (χ3n) is 4.98. The fourth-order valence-electron chi connectivity index (χ4n) is 3.35. The summed E-state index contributed by atoms with van der Waals surface area (Å²) < 4.78 is 21.5. The molecule has 34 heavy (non-hydrogen) atoms. The van der Waals surface area contributed by atoms with Crippen LogP contribution in [0, 0.1) is 0 Å². The number of allylic oxidation sites excluding steroid dienone is 1. The highest BCUT2D eigenvalue weighted by atomic mass is 16.5. The van der Waals surface area contributed by atoms with Crippen LogP contribution < -0.4 is 24.3 Å². The predicted octanol–water partition coefficient (Wildman–Crippen LogP) is 5.41. The molecule has 3 rings (SSSR count). The minimum Gasteiger partial charge on any atom is -0.504 e. The molecule has 0 saturated carbocycles. The van der Waals surface area contributed by atoms with Crippen LogP contribution in [0.3, 0.4) is 0 Å². The van der Waals surface area contributed by atoms with E-state index in [2.05, 4.69) is 5.32 Å². The molecule has 0 aliphatic heterocycles. The van der Waals surface area contributed by atoms with Crippen molar-refractivity contribution in [1.29, 1.82) is 0 Å². The molecule has 0 radical (unpaired) electrons. The number of carbonyl (C=O) groups is 1. The Morgan fingerprint density at radius 1 is 0.794 bits per heavy atom. The fourth-order valence-corrected chi connectivity index (χ4v) is 3.35. The smallest absolute Gasteiger partial charge is 0.203 e. The Labute approximate surface area is 198 Å². The van der Waals surface area contributed by atoms with Crippen LogP contribution in [-0.2, 0) is 0 Å². The number of benzene rings is 3. The zero-order chi connectivity index (χ0) is 24.5. The number of hydrogen-bond acceptors (Lipinski definition) is 7. The Hall–Kier alpha value is -4.39. The number of anilines is 1. The lowest BCUT2D eigenvalue weighted by molar-refractivity contribution is 0.104. The molecule has 3 aromatic rings. The normalized spacial score (nSPS) is 10.9. The van der Waals surface area contributed by atoms with Crippen molar-refractivity contribution in [3.63, 3.8) is 0 Å². The molecule has 0 heterocycles. The summed E-state index contributed by atoms with van der Waals surface area (Å²) in [4.78, 5) is 12.3. The highest BCUT2D eigenvalue weighted by Crippen LogP contribution is 2.39. The molecular weight excluding hydrogens is 434 g/mol. The Bertz CT molecular complexity index is 1180. The van der Waals surface area contributed by atoms with E-state index in [1.807, 2.05) is 30.4 Å². The number of nitrogens with one attached hydrogen (secondary N) is 1. The maximum Gasteiger partial charge on any atom is 0.203 e. The number of phenols is 1. The molecule has 0 spiro atoms. The molecule has 0 aliphatic rings. The van der Waals surface area contributed by atoms with E-state index in [9.17, 15) is 9.90 Å². The summed E-state index contributed by atoms with van der Waals surface area (Å²) in [5, 5.41) is 13.5. The molecule has 0 bridgehead atoms. The van der Waals surface area contributed by atoms with Gasteiger partial charge in [0.25, 0.3) is 0 Å². The number of hydrogen-bond donors (Lipinski definition) is 2. The molecular formula is C27H27NO6. The molecule has 2 N–H and O–H groups in total. The van der Waals surface area contributed by atoms with Gasteiger partial charge in [-0.2, -0.15) is 0 Å². The Morgan fingerprint density at radius 2 is 1.38 bits per heavy atom. The van der Waals surface area contributed by atoms with E-state index in [4.69, 9.17) is 18.9 Å². The summed E-state index contributed by atoms with van der Waals surface area (Å²) in [6.07, 6.45) is 6.61. The third kappa shape index (κ3) is 5.69. The Kier molecular flexibility index (Phi) is 8.18. The lowest BCUT2D eigenvalue weighted by Crippen LogP contribution is -1.98. The zero-order valence-corrected chi connectivity index (χ0v) is 19.5. The number of rotatable bonds is 10. The van der Waals surface area contributed by atoms with E-state index in [-0.39, 0.29) is 17.3 Å². The molecule has 7 heteroatoms. The van der Waals surface area contributed by atoms with Crippen molar-refractivity contribution in [3.05, 3.63) is 83.6 Å². The number of methoxy groups -OCH3 is 4. The monoisotopic (exact) mass is 461 g/mol. The summed E-state index contributed by atoms with van der Waals surface area (Å²) in [6.45, 7) is 0. The number of carbonyl (C=O) groups excluding carboxylic acids is 1. The summed E-state index contributed by atoms with van der Waals surface area (Å²) in [7, 11) is 6.12. The van der Waals surface area contributed by atoms with Gasteiger partial charge in [0.15, 0.2) is 28.8 Å². The van der Waals surface area contributed by atoms with Crippen LogP contribution in [-0.4, -0.2) is 39.3 Å². The van der Waals surface area contributed by atoms with Crippen molar-refractivity contribution in [2.45, 2.75) is 0 Å². The Balaban J connectivity index is 1.86.